The molecule has 0 bridgehead atoms. The lowest BCUT2D eigenvalue weighted by molar-refractivity contribution is -0.137. The topological polar surface area (TPSA) is 43.8 Å². The van der Waals surface area contributed by atoms with E-state index in [0.717, 1.165) is 75.0 Å². The SMILES string of the molecule is C=C(c1ccc(C)cc1)N1CCC(c2ccc(C(F)(F)F)cc2)CC1.CC=O.CN1CCC(O)CC1. The fraction of sp³-hybridized carbons (Fsp3) is 0.483. The number of aldehydes is 1. The van der Waals surface area contributed by atoms with Crippen LogP contribution < -0.4 is 0 Å². The quantitative estimate of drug-likeness (QED) is 0.510. The standard InChI is InChI=1S/C21H22F3N.C6H13NO.C2H4O/c1-15-3-5-17(6-4-15)16(2)25-13-11-19(12-14-25)18-7-9-20(10-8-18)21(22,23)24;1-7-4-2-6(8)3-5-7;1-2-3/h3-10,19H,2,11-14H2,1H3;6,8H,2-5H2,1H3;2H,1H3. The summed E-state index contributed by atoms with van der Waals surface area (Å²) in [7, 11) is 2.09. The molecule has 2 heterocycles. The maximum absolute atomic E-state index is 12.7. The zero-order valence-electron chi connectivity index (χ0n) is 21.6. The molecule has 0 saturated carbocycles. The molecule has 2 aliphatic heterocycles. The van der Waals surface area contributed by atoms with Gasteiger partial charge < -0.3 is 19.7 Å². The van der Waals surface area contributed by atoms with Crippen molar-refractivity contribution in [2.24, 2.45) is 0 Å². The van der Waals surface area contributed by atoms with E-state index in [0.29, 0.717) is 5.92 Å². The molecule has 7 heteroatoms. The molecule has 198 valence electrons. The molecule has 1 N–H and O–H groups in total. The Labute approximate surface area is 213 Å². The van der Waals surface area contributed by atoms with Gasteiger partial charge >= 0.3 is 6.18 Å². The molecule has 4 rings (SSSR count). The van der Waals surface area contributed by atoms with Gasteiger partial charge in [0.05, 0.1) is 11.7 Å². The van der Waals surface area contributed by atoms with Crippen LogP contribution in [0.4, 0.5) is 13.2 Å². The van der Waals surface area contributed by atoms with E-state index in [2.05, 4.69) is 54.6 Å². The van der Waals surface area contributed by atoms with Gasteiger partial charge in [-0.05, 0) is 75.8 Å². The molecule has 0 radical (unpaired) electrons. The van der Waals surface area contributed by atoms with E-state index in [-0.39, 0.29) is 6.10 Å². The maximum Gasteiger partial charge on any atom is 0.416 e. The lowest BCUT2D eigenvalue weighted by atomic mass is 9.88. The highest BCUT2D eigenvalue weighted by Gasteiger charge is 2.30. The first-order chi connectivity index (χ1) is 17.0. The average Bonchev–Trinajstić information content (AvgIpc) is 2.86. The van der Waals surface area contributed by atoms with Crippen LogP contribution >= 0.6 is 0 Å². The van der Waals surface area contributed by atoms with Crippen molar-refractivity contribution in [3.63, 3.8) is 0 Å². The molecule has 2 fully saturated rings. The number of halogens is 3. The van der Waals surface area contributed by atoms with Gasteiger partial charge in [-0.2, -0.15) is 13.2 Å². The Morgan fingerprint density at radius 2 is 1.44 bits per heavy atom. The van der Waals surface area contributed by atoms with E-state index in [9.17, 15) is 13.2 Å². The van der Waals surface area contributed by atoms with Gasteiger partial charge in [-0.3, -0.25) is 0 Å². The number of likely N-dealkylation sites (tertiary alicyclic amines) is 2. The Hall–Kier alpha value is -2.64. The summed E-state index contributed by atoms with van der Waals surface area (Å²) in [6, 6.07) is 13.9. The number of aliphatic hydroxyl groups excluding tert-OH is 1. The van der Waals surface area contributed by atoms with Crippen LogP contribution in [0.25, 0.3) is 5.70 Å². The third kappa shape index (κ3) is 9.43. The predicted molar refractivity (Wildman–Crippen MR) is 140 cm³/mol. The summed E-state index contributed by atoms with van der Waals surface area (Å²) in [6.07, 6.45) is 0.221. The van der Waals surface area contributed by atoms with Crippen molar-refractivity contribution < 1.29 is 23.1 Å². The van der Waals surface area contributed by atoms with Crippen LogP contribution in [-0.4, -0.2) is 60.5 Å². The monoisotopic (exact) mass is 504 g/mol. The highest BCUT2D eigenvalue weighted by Crippen LogP contribution is 2.34. The number of nitrogens with zero attached hydrogens (tertiary/aromatic N) is 2. The fourth-order valence-electron chi connectivity index (χ4n) is 4.35. The lowest BCUT2D eigenvalue weighted by Crippen LogP contribution is -2.32. The normalized spacial score (nSPS) is 17.4. The van der Waals surface area contributed by atoms with Crippen LogP contribution in [0, 0.1) is 6.92 Å². The van der Waals surface area contributed by atoms with Gasteiger partial charge in [0.2, 0.25) is 0 Å². The number of rotatable bonds is 3. The van der Waals surface area contributed by atoms with Crippen molar-refractivity contribution in [3.8, 4) is 0 Å². The van der Waals surface area contributed by atoms with Gasteiger partial charge in [0, 0.05) is 31.9 Å². The number of piperidine rings is 2. The summed E-state index contributed by atoms with van der Waals surface area (Å²) >= 11 is 0. The Balaban J connectivity index is 0.000000345. The van der Waals surface area contributed by atoms with E-state index in [1.807, 2.05) is 0 Å². The number of hydrogen-bond donors (Lipinski definition) is 1. The molecule has 36 heavy (non-hydrogen) atoms. The van der Waals surface area contributed by atoms with Crippen molar-refractivity contribution in [2.45, 2.75) is 57.7 Å². The van der Waals surface area contributed by atoms with Gasteiger partial charge in [0.1, 0.15) is 6.29 Å². The Morgan fingerprint density at radius 1 is 0.944 bits per heavy atom. The molecule has 0 atom stereocenters. The van der Waals surface area contributed by atoms with E-state index in [4.69, 9.17) is 9.90 Å². The lowest BCUT2D eigenvalue weighted by Gasteiger charge is -2.35. The predicted octanol–water partition coefficient (Wildman–Crippen LogP) is 6.14. The number of alkyl halides is 3. The molecule has 2 aromatic carbocycles. The number of carbonyl (C=O) groups is 1. The first-order valence-electron chi connectivity index (χ1n) is 12.5. The molecular weight excluding hydrogens is 465 g/mol. The van der Waals surface area contributed by atoms with Gasteiger partial charge in [0.25, 0.3) is 0 Å². The van der Waals surface area contributed by atoms with Crippen LogP contribution in [0.5, 0.6) is 0 Å². The molecule has 2 aromatic rings. The van der Waals surface area contributed by atoms with Crippen molar-refractivity contribution in [3.05, 3.63) is 77.4 Å². The largest absolute Gasteiger partial charge is 0.416 e. The third-order valence-corrected chi connectivity index (χ3v) is 6.66. The van der Waals surface area contributed by atoms with Gasteiger partial charge in [-0.1, -0.05) is 48.5 Å². The maximum atomic E-state index is 12.7. The summed E-state index contributed by atoms with van der Waals surface area (Å²) in [5.41, 5.74) is 3.78. The van der Waals surface area contributed by atoms with E-state index in [1.165, 1.54) is 24.6 Å². The highest BCUT2D eigenvalue weighted by atomic mass is 19.4. The molecule has 0 unspecified atom stereocenters. The summed E-state index contributed by atoms with van der Waals surface area (Å²) in [6.45, 7) is 11.6. The second kappa shape index (κ2) is 14.2. The molecule has 0 aromatic heterocycles. The number of benzene rings is 2. The van der Waals surface area contributed by atoms with Crippen LogP contribution in [0.1, 0.15) is 60.8 Å². The molecule has 4 nitrogen and oxygen atoms in total. The number of hydrogen-bond acceptors (Lipinski definition) is 4. The van der Waals surface area contributed by atoms with Crippen molar-refractivity contribution in [1.29, 1.82) is 0 Å². The summed E-state index contributed by atoms with van der Waals surface area (Å²) in [5, 5.41) is 9.00. The van der Waals surface area contributed by atoms with Crippen molar-refractivity contribution >= 4 is 12.0 Å². The van der Waals surface area contributed by atoms with Crippen LogP contribution in [0.3, 0.4) is 0 Å². The Kier molecular flexibility index (Phi) is 11.7. The van der Waals surface area contributed by atoms with Crippen LogP contribution in [0.15, 0.2) is 55.1 Å². The molecule has 2 saturated heterocycles. The minimum atomic E-state index is -4.27. The summed E-state index contributed by atoms with van der Waals surface area (Å²) in [4.78, 5) is 13.3. The van der Waals surface area contributed by atoms with Crippen molar-refractivity contribution in [2.75, 3.05) is 33.2 Å². The first kappa shape index (κ1) is 29.6. The fourth-order valence-corrected chi connectivity index (χ4v) is 4.35. The highest BCUT2D eigenvalue weighted by molar-refractivity contribution is 5.62. The Morgan fingerprint density at radius 3 is 1.89 bits per heavy atom. The third-order valence-electron chi connectivity index (χ3n) is 6.66. The molecule has 2 aliphatic rings. The van der Waals surface area contributed by atoms with Crippen molar-refractivity contribution in [1.82, 2.24) is 9.80 Å². The van der Waals surface area contributed by atoms with Crippen LogP contribution in [0.2, 0.25) is 0 Å². The second-order valence-electron chi connectivity index (χ2n) is 9.46. The minimum Gasteiger partial charge on any atom is -0.393 e. The zero-order valence-corrected chi connectivity index (χ0v) is 21.6. The molecule has 0 amide bonds. The van der Waals surface area contributed by atoms with Gasteiger partial charge in [-0.25, -0.2) is 0 Å². The smallest absolute Gasteiger partial charge is 0.393 e. The van der Waals surface area contributed by atoms with Gasteiger partial charge in [0.15, 0.2) is 0 Å². The molecule has 0 aliphatic carbocycles. The molecular formula is C29H39F3N2O2. The molecule has 0 spiro atoms. The second-order valence-corrected chi connectivity index (χ2v) is 9.46. The minimum absolute atomic E-state index is 0.0220. The average molecular weight is 505 g/mol. The van der Waals surface area contributed by atoms with E-state index in [1.54, 1.807) is 12.1 Å². The number of aliphatic hydroxyl groups is 1. The number of aryl methyl sites for hydroxylation is 1. The van der Waals surface area contributed by atoms with E-state index < -0.39 is 11.7 Å². The zero-order chi connectivity index (χ0) is 26.7. The van der Waals surface area contributed by atoms with Crippen LogP contribution in [-0.2, 0) is 11.0 Å². The summed E-state index contributed by atoms with van der Waals surface area (Å²) in [5.74, 6) is 0.310. The van der Waals surface area contributed by atoms with Gasteiger partial charge in [-0.15, -0.1) is 0 Å². The first-order valence-corrected chi connectivity index (χ1v) is 12.5. The van der Waals surface area contributed by atoms with E-state index >= 15 is 0 Å². The number of carbonyl (C=O) groups excluding carboxylic acids is 1. The Bertz CT molecular complexity index is 916. The summed E-state index contributed by atoms with van der Waals surface area (Å²) < 4.78 is 38.0.